The lowest BCUT2D eigenvalue weighted by molar-refractivity contribution is 0.166. The number of nitrogens with zero attached hydrogens (tertiary/aromatic N) is 3. The van der Waals surface area contributed by atoms with Gasteiger partial charge in [0, 0.05) is 26.2 Å². The van der Waals surface area contributed by atoms with Crippen molar-refractivity contribution in [1.29, 1.82) is 5.26 Å². The van der Waals surface area contributed by atoms with Gasteiger partial charge in [0.15, 0.2) is 6.19 Å². The monoisotopic (exact) mass is 209 g/mol. The smallest absolute Gasteiger partial charge is 0.179 e. The van der Waals surface area contributed by atoms with Crippen molar-refractivity contribution in [2.75, 3.05) is 32.7 Å². The van der Waals surface area contributed by atoms with Crippen molar-refractivity contribution in [2.45, 2.75) is 33.6 Å². The lowest BCUT2D eigenvalue weighted by atomic mass is 9.90. The first-order chi connectivity index (χ1) is 7.01. The average Bonchev–Trinajstić information content (AvgIpc) is 2.17. The first-order valence-corrected chi connectivity index (χ1v) is 5.88. The van der Waals surface area contributed by atoms with Crippen LogP contribution in [0.1, 0.15) is 33.6 Å². The van der Waals surface area contributed by atoms with Crippen LogP contribution in [0.4, 0.5) is 0 Å². The summed E-state index contributed by atoms with van der Waals surface area (Å²) in [6, 6.07) is 0. The van der Waals surface area contributed by atoms with Crippen molar-refractivity contribution in [3.8, 4) is 6.19 Å². The highest BCUT2D eigenvalue weighted by molar-refractivity contribution is 4.80. The van der Waals surface area contributed by atoms with Crippen LogP contribution in [-0.4, -0.2) is 42.5 Å². The molecule has 3 nitrogen and oxygen atoms in total. The summed E-state index contributed by atoms with van der Waals surface area (Å²) in [5.74, 6) is 0. The Kier molecular flexibility index (Phi) is 4.41. The van der Waals surface area contributed by atoms with E-state index in [9.17, 15) is 0 Å². The highest BCUT2D eigenvalue weighted by Gasteiger charge is 2.16. The summed E-state index contributed by atoms with van der Waals surface area (Å²) in [7, 11) is 0. The van der Waals surface area contributed by atoms with E-state index in [2.05, 4.69) is 31.9 Å². The Balaban J connectivity index is 2.12. The Labute approximate surface area is 93.7 Å². The third-order valence-electron chi connectivity index (χ3n) is 2.91. The fourth-order valence-corrected chi connectivity index (χ4v) is 1.90. The van der Waals surface area contributed by atoms with Crippen molar-refractivity contribution in [3.05, 3.63) is 0 Å². The van der Waals surface area contributed by atoms with E-state index in [1.165, 1.54) is 19.4 Å². The second-order valence-corrected chi connectivity index (χ2v) is 5.59. The number of piperazine rings is 1. The first-order valence-electron chi connectivity index (χ1n) is 5.88. The normalized spacial score (nSPS) is 18.9. The second kappa shape index (κ2) is 5.37. The van der Waals surface area contributed by atoms with Gasteiger partial charge in [0.05, 0.1) is 0 Å². The van der Waals surface area contributed by atoms with Gasteiger partial charge in [-0.15, -0.1) is 0 Å². The maximum Gasteiger partial charge on any atom is 0.179 e. The van der Waals surface area contributed by atoms with Gasteiger partial charge in [-0.05, 0) is 24.8 Å². The van der Waals surface area contributed by atoms with E-state index in [0.29, 0.717) is 5.41 Å². The standard InChI is InChI=1S/C12H23N3/c1-12(2,3)5-4-6-14-7-9-15(11-13)10-8-14/h4-10H2,1-3H3. The second-order valence-electron chi connectivity index (χ2n) is 5.59. The van der Waals surface area contributed by atoms with Gasteiger partial charge in [-0.1, -0.05) is 20.8 Å². The zero-order valence-electron chi connectivity index (χ0n) is 10.3. The average molecular weight is 209 g/mol. The zero-order valence-corrected chi connectivity index (χ0v) is 10.3. The molecule has 1 aliphatic rings. The van der Waals surface area contributed by atoms with Gasteiger partial charge in [0.2, 0.25) is 0 Å². The van der Waals surface area contributed by atoms with Crippen molar-refractivity contribution in [2.24, 2.45) is 5.41 Å². The summed E-state index contributed by atoms with van der Waals surface area (Å²) in [5.41, 5.74) is 0.453. The largest absolute Gasteiger partial charge is 0.308 e. The summed E-state index contributed by atoms with van der Waals surface area (Å²) >= 11 is 0. The summed E-state index contributed by atoms with van der Waals surface area (Å²) in [4.78, 5) is 4.32. The van der Waals surface area contributed by atoms with Gasteiger partial charge in [0.25, 0.3) is 0 Å². The molecular formula is C12H23N3. The number of hydrogen-bond acceptors (Lipinski definition) is 3. The van der Waals surface area contributed by atoms with Crippen LogP contribution in [0.5, 0.6) is 0 Å². The molecule has 3 heteroatoms. The molecular weight excluding hydrogens is 186 g/mol. The molecule has 0 saturated carbocycles. The van der Waals surface area contributed by atoms with E-state index >= 15 is 0 Å². The van der Waals surface area contributed by atoms with E-state index < -0.39 is 0 Å². The molecule has 0 atom stereocenters. The van der Waals surface area contributed by atoms with Crippen molar-refractivity contribution < 1.29 is 0 Å². The molecule has 1 aliphatic heterocycles. The molecule has 0 bridgehead atoms. The van der Waals surface area contributed by atoms with Crippen LogP contribution in [0.2, 0.25) is 0 Å². The van der Waals surface area contributed by atoms with Crippen LogP contribution in [-0.2, 0) is 0 Å². The van der Waals surface area contributed by atoms with Crippen LogP contribution >= 0.6 is 0 Å². The Morgan fingerprint density at radius 2 is 1.73 bits per heavy atom. The molecule has 0 unspecified atom stereocenters. The van der Waals surface area contributed by atoms with Gasteiger partial charge in [-0.25, -0.2) is 0 Å². The van der Waals surface area contributed by atoms with E-state index in [1.54, 1.807) is 0 Å². The predicted octanol–water partition coefficient (Wildman–Crippen LogP) is 1.91. The van der Waals surface area contributed by atoms with Gasteiger partial charge in [0.1, 0.15) is 0 Å². The summed E-state index contributed by atoms with van der Waals surface area (Å²) < 4.78 is 0. The van der Waals surface area contributed by atoms with Crippen LogP contribution in [0.3, 0.4) is 0 Å². The van der Waals surface area contributed by atoms with Crippen LogP contribution in [0.15, 0.2) is 0 Å². The Morgan fingerprint density at radius 3 is 2.20 bits per heavy atom. The Hall–Kier alpha value is -0.750. The Bertz CT molecular complexity index is 216. The maximum atomic E-state index is 8.72. The highest BCUT2D eigenvalue weighted by atomic mass is 15.2. The van der Waals surface area contributed by atoms with E-state index in [4.69, 9.17) is 5.26 Å². The molecule has 0 spiro atoms. The summed E-state index contributed by atoms with van der Waals surface area (Å²) in [5, 5.41) is 8.72. The molecule has 0 aromatic rings. The van der Waals surface area contributed by atoms with Gasteiger partial charge < -0.3 is 4.90 Å². The minimum atomic E-state index is 0.453. The summed E-state index contributed by atoms with van der Waals surface area (Å²) in [6.07, 6.45) is 4.77. The molecule has 1 saturated heterocycles. The number of rotatable bonds is 3. The van der Waals surface area contributed by atoms with Crippen molar-refractivity contribution >= 4 is 0 Å². The van der Waals surface area contributed by atoms with Crippen molar-refractivity contribution in [1.82, 2.24) is 9.80 Å². The van der Waals surface area contributed by atoms with Crippen LogP contribution in [0.25, 0.3) is 0 Å². The molecule has 15 heavy (non-hydrogen) atoms. The molecule has 1 fully saturated rings. The van der Waals surface area contributed by atoms with Crippen molar-refractivity contribution in [3.63, 3.8) is 0 Å². The quantitative estimate of drug-likeness (QED) is 0.665. The molecule has 0 aliphatic carbocycles. The summed E-state index contributed by atoms with van der Waals surface area (Å²) in [6.45, 7) is 12.0. The fraction of sp³-hybridized carbons (Fsp3) is 0.917. The topological polar surface area (TPSA) is 30.3 Å². The lowest BCUT2D eigenvalue weighted by Gasteiger charge is -2.32. The molecule has 0 aromatic heterocycles. The fourth-order valence-electron chi connectivity index (χ4n) is 1.90. The van der Waals surface area contributed by atoms with Gasteiger partial charge in [-0.3, -0.25) is 4.90 Å². The first kappa shape index (κ1) is 12.3. The molecule has 0 N–H and O–H groups in total. The highest BCUT2D eigenvalue weighted by Crippen LogP contribution is 2.20. The molecule has 0 aromatic carbocycles. The maximum absolute atomic E-state index is 8.72. The van der Waals surface area contributed by atoms with Gasteiger partial charge >= 0.3 is 0 Å². The minimum Gasteiger partial charge on any atom is -0.308 e. The van der Waals surface area contributed by atoms with Crippen LogP contribution < -0.4 is 0 Å². The van der Waals surface area contributed by atoms with E-state index in [-0.39, 0.29) is 0 Å². The minimum absolute atomic E-state index is 0.453. The number of hydrogen-bond donors (Lipinski definition) is 0. The Morgan fingerprint density at radius 1 is 1.13 bits per heavy atom. The van der Waals surface area contributed by atoms with Crippen LogP contribution in [0, 0.1) is 16.9 Å². The predicted molar refractivity (Wildman–Crippen MR) is 62.3 cm³/mol. The molecule has 86 valence electrons. The SMILES string of the molecule is CC(C)(C)CCCN1CCN(C#N)CC1. The molecule has 1 rings (SSSR count). The third-order valence-corrected chi connectivity index (χ3v) is 2.91. The lowest BCUT2D eigenvalue weighted by Crippen LogP contribution is -2.44. The van der Waals surface area contributed by atoms with E-state index in [0.717, 1.165) is 26.2 Å². The van der Waals surface area contributed by atoms with E-state index in [1.807, 2.05) is 4.90 Å². The third kappa shape index (κ3) is 5.03. The number of nitriles is 1. The molecule has 1 heterocycles. The zero-order chi connectivity index (χ0) is 11.3. The molecule has 0 amide bonds. The van der Waals surface area contributed by atoms with Gasteiger partial charge in [-0.2, -0.15) is 5.26 Å². The molecule has 0 radical (unpaired) electrons.